The van der Waals surface area contributed by atoms with Gasteiger partial charge in [-0.1, -0.05) is 96.7 Å². The number of hydrogen-bond donors (Lipinski definition) is 1. The van der Waals surface area contributed by atoms with Crippen LogP contribution in [-0.2, 0) is 32.6 Å². The summed E-state index contributed by atoms with van der Waals surface area (Å²) in [4.78, 5) is 29.9. The summed E-state index contributed by atoms with van der Waals surface area (Å²) < 4.78 is 35.1. The molecule has 0 unspecified atom stereocenters. The Balaban J connectivity index is 1.83. The normalized spacial score (nSPS) is 11.9. The Morgan fingerprint density at radius 3 is 2.17 bits per heavy atom. The third-order valence-corrected chi connectivity index (χ3v) is 9.93. The number of halogens is 2. The summed E-state index contributed by atoms with van der Waals surface area (Å²) in [5.74, 6) is -0.720. The fourth-order valence-electron chi connectivity index (χ4n) is 5.06. The Kier molecular flexibility index (Phi) is 12.7. The van der Waals surface area contributed by atoms with Crippen molar-refractivity contribution in [3.05, 3.63) is 124 Å². The van der Waals surface area contributed by atoms with Crippen LogP contribution < -0.4 is 14.4 Å². The number of sulfonamides is 1. The lowest BCUT2D eigenvalue weighted by atomic mass is 10.0. The number of benzene rings is 4. The maximum absolute atomic E-state index is 14.6. The van der Waals surface area contributed by atoms with Crippen molar-refractivity contribution in [1.29, 1.82) is 0 Å². The van der Waals surface area contributed by atoms with Crippen molar-refractivity contribution in [1.82, 2.24) is 10.2 Å². The largest absolute Gasteiger partial charge is 0.495 e. The fourth-order valence-corrected chi connectivity index (χ4v) is 6.76. The van der Waals surface area contributed by atoms with Crippen LogP contribution in [0.15, 0.2) is 102 Å². The summed E-state index contributed by atoms with van der Waals surface area (Å²) in [7, 11) is -2.91. The highest BCUT2D eigenvalue weighted by Gasteiger charge is 2.35. The van der Waals surface area contributed by atoms with E-state index in [1.165, 1.54) is 30.2 Å². The number of unbranched alkanes of at least 4 members (excludes halogenated alkanes) is 1. The van der Waals surface area contributed by atoms with Gasteiger partial charge in [0.15, 0.2) is 0 Å². The van der Waals surface area contributed by atoms with Crippen molar-refractivity contribution in [3.63, 3.8) is 0 Å². The molecule has 248 valence electrons. The number of methoxy groups -OCH3 is 1. The van der Waals surface area contributed by atoms with Gasteiger partial charge in [0.2, 0.25) is 11.8 Å². The van der Waals surface area contributed by atoms with Crippen LogP contribution in [0.4, 0.5) is 5.69 Å². The molecule has 8 nitrogen and oxygen atoms in total. The minimum absolute atomic E-state index is 0.0136. The van der Waals surface area contributed by atoms with E-state index in [1.807, 2.05) is 44.2 Å². The first kappa shape index (κ1) is 35.8. The highest BCUT2D eigenvalue weighted by atomic mass is 35.5. The van der Waals surface area contributed by atoms with Crippen LogP contribution >= 0.6 is 23.2 Å². The Bertz CT molecular complexity index is 1750. The molecule has 4 rings (SSSR count). The van der Waals surface area contributed by atoms with Gasteiger partial charge in [0, 0.05) is 29.6 Å². The van der Waals surface area contributed by atoms with E-state index in [-0.39, 0.29) is 40.2 Å². The van der Waals surface area contributed by atoms with Crippen molar-refractivity contribution in [2.24, 2.45) is 0 Å². The number of carbonyl (C=O) groups excluding carboxylic acids is 2. The van der Waals surface area contributed by atoms with Gasteiger partial charge in [-0.2, -0.15) is 0 Å². The predicted molar refractivity (Wildman–Crippen MR) is 188 cm³/mol. The Morgan fingerprint density at radius 2 is 1.53 bits per heavy atom. The molecule has 0 spiro atoms. The number of rotatable bonds is 15. The van der Waals surface area contributed by atoms with Crippen LogP contribution in [0, 0.1) is 6.92 Å². The predicted octanol–water partition coefficient (Wildman–Crippen LogP) is 7.06. The molecule has 0 heterocycles. The van der Waals surface area contributed by atoms with Crippen molar-refractivity contribution in [3.8, 4) is 5.75 Å². The standard InChI is InChI=1S/C36H39Cl2N3O5S/c1-4-5-21-39-36(43)33(22-27-9-7-6-8-10-27)40(24-28-13-15-29(37)16-14-28)35(42)25-41(32-23-30(38)17-20-34(32)46-3)47(44,45)31-18-11-26(2)12-19-31/h6-20,23,33H,4-5,21-22,24-25H2,1-3H3,(H,39,43)/t33-/m0/s1. The molecule has 0 aliphatic rings. The van der Waals surface area contributed by atoms with E-state index in [0.29, 0.717) is 11.6 Å². The molecule has 1 N–H and O–H groups in total. The Hall–Kier alpha value is -4.05. The lowest BCUT2D eigenvalue weighted by Gasteiger charge is -2.34. The molecule has 47 heavy (non-hydrogen) atoms. The van der Waals surface area contributed by atoms with Gasteiger partial charge in [-0.25, -0.2) is 8.42 Å². The quantitative estimate of drug-likeness (QED) is 0.134. The lowest BCUT2D eigenvalue weighted by Crippen LogP contribution is -2.53. The summed E-state index contributed by atoms with van der Waals surface area (Å²) in [6.45, 7) is 3.72. The highest BCUT2D eigenvalue weighted by Crippen LogP contribution is 2.35. The number of nitrogens with one attached hydrogen (secondary N) is 1. The zero-order valence-corrected chi connectivity index (χ0v) is 29.0. The number of nitrogens with zero attached hydrogens (tertiary/aromatic N) is 2. The third kappa shape index (κ3) is 9.50. The summed E-state index contributed by atoms with van der Waals surface area (Å²) in [6, 6.07) is 26.3. The zero-order chi connectivity index (χ0) is 34.0. The fraction of sp³-hybridized carbons (Fsp3) is 0.278. The molecule has 4 aromatic rings. The second kappa shape index (κ2) is 16.7. The van der Waals surface area contributed by atoms with E-state index >= 15 is 0 Å². The van der Waals surface area contributed by atoms with Crippen molar-refractivity contribution in [2.75, 3.05) is 24.5 Å². The number of aryl methyl sites for hydroxylation is 1. The molecule has 11 heteroatoms. The van der Waals surface area contributed by atoms with Crippen LogP contribution in [0.5, 0.6) is 5.75 Å². The second-order valence-corrected chi connectivity index (χ2v) is 13.9. The summed E-state index contributed by atoms with van der Waals surface area (Å²) >= 11 is 12.5. The SMILES string of the molecule is CCCCNC(=O)[C@H](Cc1ccccc1)N(Cc1ccc(Cl)cc1)C(=O)CN(c1cc(Cl)ccc1OC)S(=O)(=O)c1ccc(C)cc1. The van der Waals surface area contributed by atoms with Crippen molar-refractivity contribution in [2.45, 2.75) is 50.6 Å². The van der Waals surface area contributed by atoms with Crippen LogP contribution in [0.25, 0.3) is 0 Å². The number of anilines is 1. The molecule has 0 fully saturated rings. The lowest BCUT2D eigenvalue weighted by molar-refractivity contribution is -0.140. The average Bonchev–Trinajstić information content (AvgIpc) is 3.06. The van der Waals surface area contributed by atoms with Gasteiger partial charge in [0.25, 0.3) is 10.0 Å². The van der Waals surface area contributed by atoms with E-state index in [2.05, 4.69) is 5.32 Å². The molecule has 0 aliphatic carbocycles. The molecule has 0 aromatic heterocycles. The minimum Gasteiger partial charge on any atom is -0.495 e. The first-order valence-electron chi connectivity index (χ1n) is 15.3. The topological polar surface area (TPSA) is 96.0 Å². The van der Waals surface area contributed by atoms with Gasteiger partial charge in [0.05, 0.1) is 17.7 Å². The Labute approximate surface area is 287 Å². The molecule has 2 amide bonds. The van der Waals surface area contributed by atoms with Gasteiger partial charge >= 0.3 is 0 Å². The van der Waals surface area contributed by atoms with Crippen molar-refractivity contribution >= 4 is 50.7 Å². The minimum atomic E-state index is -4.32. The van der Waals surface area contributed by atoms with Gasteiger partial charge in [-0.05, 0) is 66.9 Å². The smallest absolute Gasteiger partial charge is 0.264 e. The first-order chi connectivity index (χ1) is 22.5. The summed E-state index contributed by atoms with van der Waals surface area (Å²) in [5, 5.41) is 3.76. The van der Waals surface area contributed by atoms with Crippen LogP contribution in [0.1, 0.15) is 36.5 Å². The molecule has 0 radical (unpaired) electrons. The Morgan fingerprint density at radius 1 is 0.872 bits per heavy atom. The number of amides is 2. The van der Waals surface area contributed by atoms with Crippen LogP contribution in [0.3, 0.4) is 0 Å². The monoisotopic (exact) mass is 695 g/mol. The molecule has 0 bridgehead atoms. The number of ether oxygens (including phenoxy) is 1. The van der Waals surface area contributed by atoms with Crippen molar-refractivity contribution < 1.29 is 22.7 Å². The molecular formula is C36H39Cl2N3O5S. The maximum Gasteiger partial charge on any atom is 0.264 e. The van der Waals surface area contributed by atoms with Gasteiger partial charge in [-0.15, -0.1) is 0 Å². The first-order valence-corrected chi connectivity index (χ1v) is 17.5. The van der Waals surface area contributed by atoms with Gasteiger partial charge < -0.3 is 15.0 Å². The van der Waals surface area contributed by atoms with E-state index in [4.69, 9.17) is 27.9 Å². The number of carbonyl (C=O) groups is 2. The molecule has 4 aromatic carbocycles. The van der Waals surface area contributed by atoms with E-state index in [0.717, 1.165) is 33.8 Å². The summed E-state index contributed by atoms with van der Waals surface area (Å²) in [6.07, 6.45) is 1.86. The van der Waals surface area contributed by atoms with Gasteiger partial charge in [-0.3, -0.25) is 13.9 Å². The molecule has 0 saturated carbocycles. The van der Waals surface area contributed by atoms with E-state index < -0.39 is 28.5 Å². The second-order valence-electron chi connectivity index (χ2n) is 11.1. The van der Waals surface area contributed by atoms with E-state index in [1.54, 1.807) is 48.5 Å². The number of hydrogen-bond acceptors (Lipinski definition) is 5. The van der Waals surface area contributed by atoms with E-state index in [9.17, 15) is 18.0 Å². The molecule has 1 atom stereocenters. The molecular weight excluding hydrogens is 657 g/mol. The average molecular weight is 697 g/mol. The third-order valence-electron chi connectivity index (χ3n) is 7.66. The van der Waals surface area contributed by atoms with Gasteiger partial charge in [0.1, 0.15) is 18.3 Å². The maximum atomic E-state index is 14.6. The zero-order valence-electron chi connectivity index (χ0n) is 26.7. The highest BCUT2D eigenvalue weighted by molar-refractivity contribution is 7.92. The molecule has 0 saturated heterocycles. The van der Waals surface area contributed by atoms with Crippen LogP contribution in [0.2, 0.25) is 10.0 Å². The molecule has 0 aliphatic heterocycles. The van der Waals surface area contributed by atoms with Crippen LogP contribution in [-0.4, -0.2) is 51.4 Å². The summed E-state index contributed by atoms with van der Waals surface area (Å²) in [5.41, 5.74) is 2.53.